The molecular weight excluding hydrogens is 375 g/mol. The molecule has 19 heavy (non-hydrogen) atoms. The van der Waals surface area contributed by atoms with Crippen molar-refractivity contribution in [2.75, 3.05) is 6.54 Å². The van der Waals surface area contributed by atoms with E-state index in [1.165, 1.54) is 0 Å². The first-order valence-electron chi connectivity index (χ1n) is 5.42. The summed E-state index contributed by atoms with van der Waals surface area (Å²) in [7, 11) is 0. The minimum absolute atomic E-state index is 0. The van der Waals surface area contributed by atoms with Crippen LogP contribution in [-0.2, 0) is 6.54 Å². The van der Waals surface area contributed by atoms with Gasteiger partial charge in [-0.3, -0.25) is 0 Å². The summed E-state index contributed by atoms with van der Waals surface area (Å²) in [5, 5.41) is 4.87. The number of nitrogens with two attached hydrogens (primary N) is 1. The molecule has 2 rings (SSSR count). The third kappa shape index (κ3) is 4.67. The van der Waals surface area contributed by atoms with E-state index in [9.17, 15) is 0 Å². The van der Waals surface area contributed by atoms with Crippen LogP contribution in [0.2, 0.25) is 0 Å². The van der Waals surface area contributed by atoms with Crippen LogP contribution in [0.3, 0.4) is 0 Å². The Morgan fingerprint density at radius 3 is 3.16 bits per heavy atom. The molecule has 2 aromatic rings. The smallest absolute Gasteiger partial charge is 0.236 e. The molecule has 0 aliphatic carbocycles. The van der Waals surface area contributed by atoms with Crippen LogP contribution in [0.4, 0.5) is 0 Å². The second-order valence-electron chi connectivity index (χ2n) is 3.49. The van der Waals surface area contributed by atoms with Crippen molar-refractivity contribution in [1.29, 1.82) is 0 Å². The van der Waals surface area contributed by atoms with E-state index in [-0.39, 0.29) is 24.0 Å². The zero-order valence-corrected chi connectivity index (χ0v) is 13.4. The van der Waals surface area contributed by atoms with Gasteiger partial charge in [0.15, 0.2) is 5.96 Å². The predicted molar refractivity (Wildman–Crippen MR) is 88.8 cm³/mol. The van der Waals surface area contributed by atoms with Crippen molar-refractivity contribution in [1.82, 2.24) is 10.3 Å². The fraction of sp³-hybridized carbons (Fsp3) is 0.167. The molecule has 0 aliphatic heterocycles. The summed E-state index contributed by atoms with van der Waals surface area (Å²) in [6.07, 6.45) is 3.31. The molecule has 2 heterocycles. The van der Waals surface area contributed by atoms with Gasteiger partial charge in [0.2, 0.25) is 5.89 Å². The standard InChI is InChI=1S/C12H14N4OS.HI/c1-2-5-14-12(13)15-7-9-8-17-11(16-9)10-4-3-6-18-10;/h2-4,6,8H,1,5,7H2,(H3,13,14,15);1H. The lowest BCUT2D eigenvalue weighted by molar-refractivity contribution is 0.574. The summed E-state index contributed by atoms with van der Waals surface area (Å²) in [6, 6.07) is 3.92. The summed E-state index contributed by atoms with van der Waals surface area (Å²) in [5.41, 5.74) is 6.40. The molecule has 3 N–H and O–H groups in total. The van der Waals surface area contributed by atoms with Gasteiger partial charge in [0.25, 0.3) is 0 Å². The molecule has 0 aliphatic rings. The van der Waals surface area contributed by atoms with Crippen molar-refractivity contribution in [3.05, 3.63) is 42.1 Å². The maximum atomic E-state index is 5.64. The van der Waals surface area contributed by atoms with Gasteiger partial charge >= 0.3 is 0 Å². The molecule has 0 saturated carbocycles. The molecule has 0 radical (unpaired) electrons. The molecular formula is C12H15IN4OS. The zero-order valence-electron chi connectivity index (χ0n) is 10.2. The second-order valence-corrected chi connectivity index (χ2v) is 4.44. The van der Waals surface area contributed by atoms with E-state index in [0.717, 1.165) is 10.6 Å². The first kappa shape index (κ1) is 15.7. The minimum Gasteiger partial charge on any atom is -0.443 e. The monoisotopic (exact) mass is 390 g/mol. The number of aliphatic imine (C=N–C) groups is 1. The van der Waals surface area contributed by atoms with E-state index in [1.54, 1.807) is 23.7 Å². The first-order valence-corrected chi connectivity index (χ1v) is 6.30. The Labute approximate surface area is 132 Å². The average molecular weight is 390 g/mol. The lowest BCUT2D eigenvalue weighted by Crippen LogP contribution is -2.31. The summed E-state index contributed by atoms with van der Waals surface area (Å²) in [6.45, 7) is 4.57. The van der Waals surface area contributed by atoms with Crippen LogP contribution < -0.4 is 11.1 Å². The Morgan fingerprint density at radius 1 is 1.63 bits per heavy atom. The lowest BCUT2D eigenvalue weighted by Gasteiger charge is -2.00. The summed E-state index contributed by atoms with van der Waals surface area (Å²) < 4.78 is 5.38. The molecule has 0 spiro atoms. The van der Waals surface area contributed by atoms with E-state index >= 15 is 0 Å². The normalized spacial score (nSPS) is 10.8. The Hall–Kier alpha value is -1.35. The highest BCUT2D eigenvalue weighted by Gasteiger charge is 2.06. The van der Waals surface area contributed by atoms with Crippen molar-refractivity contribution < 1.29 is 4.42 Å². The van der Waals surface area contributed by atoms with Gasteiger partial charge in [-0.2, -0.15) is 0 Å². The number of halogens is 1. The van der Waals surface area contributed by atoms with Gasteiger partial charge in [0.1, 0.15) is 12.0 Å². The quantitative estimate of drug-likeness (QED) is 0.356. The van der Waals surface area contributed by atoms with Crippen molar-refractivity contribution in [3.63, 3.8) is 0 Å². The molecule has 0 unspecified atom stereocenters. The number of hydrogen-bond donors (Lipinski definition) is 2. The van der Waals surface area contributed by atoms with Gasteiger partial charge < -0.3 is 15.5 Å². The zero-order chi connectivity index (χ0) is 12.8. The second kappa shape index (κ2) is 7.95. The fourth-order valence-electron chi connectivity index (χ4n) is 1.29. The highest BCUT2D eigenvalue weighted by molar-refractivity contribution is 14.0. The topological polar surface area (TPSA) is 76.4 Å². The molecule has 0 fully saturated rings. The van der Waals surface area contributed by atoms with E-state index in [2.05, 4.69) is 21.9 Å². The largest absolute Gasteiger partial charge is 0.443 e. The Kier molecular flexibility index (Phi) is 6.57. The van der Waals surface area contributed by atoms with Crippen LogP contribution in [0, 0.1) is 0 Å². The van der Waals surface area contributed by atoms with Gasteiger partial charge in [-0.05, 0) is 11.4 Å². The minimum atomic E-state index is 0. The van der Waals surface area contributed by atoms with E-state index in [0.29, 0.717) is 24.9 Å². The predicted octanol–water partition coefficient (Wildman–Crippen LogP) is 2.61. The van der Waals surface area contributed by atoms with Crippen LogP contribution in [0.5, 0.6) is 0 Å². The molecule has 0 saturated heterocycles. The summed E-state index contributed by atoms with van der Waals surface area (Å²) in [5.74, 6) is 0.989. The van der Waals surface area contributed by atoms with Crippen molar-refractivity contribution in [2.45, 2.75) is 6.54 Å². The van der Waals surface area contributed by atoms with Gasteiger partial charge in [0, 0.05) is 6.54 Å². The molecule has 0 aromatic carbocycles. The van der Waals surface area contributed by atoms with Crippen molar-refractivity contribution in [2.24, 2.45) is 10.7 Å². The lowest BCUT2D eigenvalue weighted by atomic mass is 10.4. The van der Waals surface area contributed by atoms with E-state index in [1.807, 2.05) is 17.5 Å². The Balaban J connectivity index is 0.00000180. The van der Waals surface area contributed by atoms with Gasteiger partial charge in [-0.25, -0.2) is 9.98 Å². The number of nitrogens with one attached hydrogen (secondary N) is 1. The van der Waals surface area contributed by atoms with Gasteiger partial charge in [-0.1, -0.05) is 12.1 Å². The number of oxazole rings is 1. The molecule has 102 valence electrons. The third-order valence-corrected chi connectivity index (χ3v) is 2.98. The molecule has 0 bridgehead atoms. The molecule has 5 nitrogen and oxygen atoms in total. The summed E-state index contributed by atoms with van der Waals surface area (Å²) >= 11 is 1.58. The maximum absolute atomic E-state index is 5.64. The maximum Gasteiger partial charge on any atom is 0.236 e. The van der Waals surface area contributed by atoms with Crippen molar-refractivity contribution in [3.8, 4) is 10.8 Å². The van der Waals surface area contributed by atoms with Crippen LogP contribution in [0.1, 0.15) is 5.69 Å². The SMILES string of the molecule is C=CCNC(N)=NCc1coc(-c2cccs2)n1.I. The number of rotatable bonds is 5. The van der Waals surface area contributed by atoms with Crippen LogP contribution in [-0.4, -0.2) is 17.5 Å². The third-order valence-electron chi connectivity index (χ3n) is 2.12. The molecule has 2 aromatic heterocycles. The highest BCUT2D eigenvalue weighted by atomic mass is 127. The van der Waals surface area contributed by atoms with E-state index in [4.69, 9.17) is 10.2 Å². The molecule has 7 heteroatoms. The Bertz CT molecular complexity index is 536. The number of nitrogens with zero attached hydrogens (tertiary/aromatic N) is 2. The first-order chi connectivity index (χ1) is 8.79. The number of thiophene rings is 1. The Morgan fingerprint density at radius 2 is 2.47 bits per heavy atom. The molecule has 0 amide bonds. The van der Waals surface area contributed by atoms with Crippen molar-refractivity contribution >= 4 is 41.3 Å². The van der Waals surface area contributed by atoms with Crippen LogP contribution >= 0.6 is 35.3 Å². The fourth-order valence-corrected chi connectivity index (χ4v) is 1.95. The highest BCUT2D eigenvalue weighted by Crippen LogP contribution is 2.23. The van der Waals surface area contributed by atoms with Crippen LogP contribution in [0.15, 0.2) is 45.8 Å². The molecule has 0 atom stereocenters. The number of hydrogen-bond acceptors (Lipinski definition) is 4. The van der Waals surface area contributed by atoms with Gasteiger partial charge in [0.05, 0.1) is 11.4 Å². The number of aromatic nitrogens is 1. The van der Waals surface area contributed by atoms with Crippen LogP contribution in [0.25, 0.3) is 10.8 Å². The number of guanidine groups is 1. The summed E-state index contributed by atoms with van der Waals surface area (Å²) in [4.78, 5) is 9.48. The average Bonchev–Trinajstić information content (AvgIpc) is 3.03. The van der Waals surface area contributed by atoms with Gasteiger partial charge in [-0.15, -0.1) is 41.9 Å². The van der Waals surface area contributed by atoms with E-state index < -0.39 is 0 Å².